The fourth-order valence-corrected chi connectivity index (χ4v) is 2.86. The van der Waals surface area contributed by atoms with Gasteiger partial charge in [0.2, 0.25) is 0 Å². The van der Waals surface area contributed by atoms with Crippen LogP contribution in [0.4, 0.5) is 10.5 Å². The molecule has 0 saturated carbocycles. The molecule has 0 bridgehead atoms. The van der Waals surface area contributed by atoms with Crippen LogP contribution in [0.15, 0.2) is 36.7 Å². The molecule has 0 aliphatic rings. The van der Waals surface area contributed by atoms with Crippen molar-refractivity contribution in [1.29, 1.82) is 0 Å². The normalized spacial score (nSPS) is 12.1. The minimum atomic E-state index is -0.261. The highest BCUT2D eigenvalue weighted by atomic mass is 16.2. The van der Waals surface area contributed by atoms with E-state index in [2.05, 4.69) is 32.7 Å². The first-order valence-corrected chi connectivity index (χ1v) is 8.36. The molecule has 130 valence electrons. The monoisotopic (exact) mass is 338 g/mol. The number of carbonyl (C=O) groups is 1. The number of carbonyl (C=O) groups excluding carboxylic acids is 1. The van der Waals surface area contributed by atoms with Crippen molar-refractivity contribution in [3.05, 3.63) is 48.2 Å². The Kier molecular flexibility index (Phi) is 4.92. The van der Waals surface area contributed by atoms with Gasteiger partial charge in [0.25, 0.3) is 0 Å². The van der Waals surface area contributed by atoms with E-state index in [1.165, 1.54) is 0 Å². The van der Waals surface area contributed by atoms with Gasteiger partial charge in [-0.3, -0.25) is 0 Å². The van der Waals surface area contributed by atoms with Crippen LogP contribution in [0.25, 0.3) is 10.9 Å². The van der Waals surface area contributed by atoms with Gasteiger partial charge in [-0.25, -0.2) is 9.78 Å². The van der Waals surface area contributed by atoms with E-state index in [4.69, 9.17) is 0 Å². The number of benzene rings is 1. The zero-order valence-corrected chi connectivity index (χ0v) is 14.7. The Hall–Kier alpha value is -2.96. The van der Waals surface area contributed by atoms with Crippen molar-refractivity contribution >= 4 is 22.6 Å². The Morgan fingerprint density at radius 2 is 2.16 bits per heavy atom. The summed E-state index contributed by atoms with van der Waals surface area (Å²) in [6.07, 6.45) is 5.38. The Labute approximate surface area is 146 Å². The lowest BCUT2D eigenvalue weighted by molar-refractivity contribution is 0.247. The maximum absolute atomic E-state index is 12.5. The second-order valence-electron chi connectivity index (χ2n) is 6.06. The smallest absolute Gasteiger partial charge is 0.319 e. The second-order valence-corrected chi connectivity index (χ2v) is 6.06. The first-order chi connectivity index (χ1) is 12.1. The van der Waals surface area contributed by atoms with E-state index in [9.17, 15) is 4.79 Å². The highest BCUT2D eigenvalue weighted by molar-refractivity contribution is 6.00. The molecule has 0 radical (unpaired) electrons. The van der Waals surface area contributed by atoms with Gasteiger partial charge in [0, 0.05) is 24.8 Å². The van der Waals surface area contributed by atoms with Crippen molar-refractivity contribution < 1.29 is 4.79 Å². The number of hydrogen-bond donors (Lipinski definition) is 2. The number of nitrogens with zero attached hydrogens (tertiary/aromatic N) is 4. The standard InChI is InChI=1S/C18H22N6O/c1-4-6-16(17-19-9-10-24(17)3)21-18(25)20-14-7-5-8-15-13(14)11-12(2)22-23-15/h5,7-11,16H,4,6H2,1-3H3,(H2,20,21,25)/t16-/m1/s1. The Morgan fingerprint density at radius 3 is 2.88 bits per heavy atom. The molecule has 3 aromatic rings. The Morgan fingerprint density at radius 1 is 1.32 bits per heavy atom. The molecule has 2 amide bonds. The third kappa shape index (κ3) is 3.76. The van der Waals surface area contributed by atoms with Crippen LogP contribution in [-0.4, -0.2) is 25.8 Å². The van der Waals surface area contributed by atoms with Crippen molar-refractivity contribution in [3.8, 4) is 0 Å². The molecule has 0 aliphatic heterocycles. The topological polar surface area (TPSA) is 84.7 Å². The molecule has 0 spiro atoms. The van der Waals surface area contributed by atoms with Crippen LogP contribution in [0.2, 0.25) is 0 Å². The van der Waals surface area contributed by atoms with Gasteiger partial charge in [0.05, 0.1) is 22.9 Å². The molecule has 0 saturated heterocycles. The van der Waals surface area contributed by atoms with Gasteiger partial charge in [0.1, 0.15) is 5.82 Å². The summed E-state index contributed by atoms with van der Waals surface area (Å²) in [5, 5.41) is 15.0. The van der Waals surface area contributed by atoms with Crippen molar-refractivity contribution in [2.24, 2.45) is 7.05 Å². The molecule has 1 aromatic carbocycles. The highest BCUT2D eigenvalue weighted by Gasteiger charge is 2.18. The molecule has 0 aliphatic carbocycles. The summed E-state index contributed by atoms with van der Waals surface area (Å²) in [6.45, 7) is 3.96. The Bertz CT molecular complexity index is 888. The molecule has 7 heteroatoms. The first-order valence-electron chi connectivity index (χ1n) is 8.36. The van der Waals surface area contributed by atoms with E-state index in [1.54, 1.807) is 6.20 Å². The van der Waals surface area contributed by atoms with E-state index in [-0.39, 0.29) is 12.1 Å². The average molecular weight is 338 g/mol. The summed E-state index contributed by atoms with van der Waals surface area (Å²) in [5.74, 6) is 0.844. The molecule has 1 atom stereocenters. The SMILES string of the molecule is CCC[C@@H](NC(=O)Nc1cccc2nnc(C)cc12)c1nccn1C. The molecule has 0 fully saturated rings. The van der Waals surface area contributed by atoms with Gasteiger partial charge in [-0.15, -0.1) is 0 Å². The van der Waals surface area contributed by atoms with Crippen molar-refractivity contribution in [1.82, 2.24) is 25.1 Å². The Balaban J connectivity index is 1.80. The van der Waals surface area contributed by atoms with Crippen LogP contribution < -0.4 is 10.6 Å². The summed E-state index contributed by atoms with van der Waals surface area (Å²) in [4.78, 5) is 16.9. The van der Waals surface area contributed by atoms with Crippen LogP contribution in [0.5, 0.6) is 0 Å². The number of imidazole rings is 1. The summed E-state index contributed by atoms with van der Waals surface area (Å²) in [6, 6.07) is 7.10. The number of anilines is 1. The van der Waals surface area contributed by atoms with E-state index >= 15 is 0 Å². The van der Waals surface area contributed by atoms with Gasteiger partial charge >= 0.3 is 6.03 Å². The lowest BCUT2D eigenvalue weighted by Crippen LogP contribution is -2.34. The number of nitrogens with one attached hydrogen (secondary N) is 2. The van der Waals surface area contributed by atoms with Gasteiger partial charge in [0.15, 0.2) is 0 Å². The zero-order chi connectivity index (χ0) is 17.8. The molecule has 2 heterocycles. The summed E-state index contributed by atoms with van der Waals surface area (Å²) in [7, 11) is 1.93. The number of rotatable bonds is 5. The van der Waals surface area contributed by atoms with Crippen LogP contribution >= 0.6 is 0 Å². The van der Waals surface area contributed by atoms with Crippen LogP contribution in [0.3, 0.4) is 0 Å². The summed E-state index contributed by atoms with van der Waals surface area (Å²) < 4.78 is 1.93. The third-order valence-electron chi connectivity index (χ3n) is 4.05. The van der Waals surface area contributed by atoms with E-state index in [1.807, 2.05) is 49.0 Å². The molecular formula is C18H22N6O. The summed E-state index contributed by atoms with van der Waals surface area (Å²) >= 11 is 0. The quantitative estimate of drug-likeness (QED) is 0.747. The largest absolute Gasteiger partial charge is 0.336 e. The van der Waals surface area contributed by atoms with Crippen molar-refractivity contribution in [3.63, 3.8) is 0 Å². The molecule has 25 heavy (non-hydrogen) atoms. The van der Waals surface area contributed by atoms with Gasteiger partial charge in [-0.2, -0.15) is 10.2 Å². The fraction of sp³-hybridized carbons (Fsp3) is 0.333. The van der Waals surface area contributed by atoms with Crippen LogP contribution in [0, 0.1) is 6.92 Å². The molecule has 7 nitrogen and oxygen atoms in total. The maximum atomic E-state index is 12.5. The zero-order valence-electron chi connectivity index (χ0n) is 14.7. The highest BCUT2D eigenvalue weighted by Crippen LogP contribution is 2.22. The molecule has 2 N–H and O–H groups in total. The van der Waals surface area contributed by atoms with Crippen molar-refractivity contribution in [2.45, 2.75) is 32.7 Å². The third-order valence-corrected chi connectivity index (χ3v) is 4.05. The van der Waals surface area contributed by atoms with Gasteiger partial charge < -0.3 is 15.2 Å². The lowest BCUT2D eigenvalue weighted by Gasteiger charge is -2.18. The fourth-order valence-electron chi connectivity index (χ4n) is 2.86. The molecule has 2 aromatic heterocycles. The van der Waals surface area contributed by atoms with Gasteiger partial charge in [-0.05, 0) is 31.5 Å². The van der Waals surface area contributed by atoms with E-state index in [0.29, 0.717) is 5.69 Å². The van der Waals surface area contributed by atoms with E-state index in [0.717, 1.165) is 35.3 Å². The van der Waals surface area contributed by atoms with Crippen LogP contribution in [-0.2, 0) is 7.05 Å². The number of aryl methyl sites for hydroxylation is 2. The predicted molar refractivity (Wildman–Crippen MR) is 97.3 cm³/mol. The average Bonchev–Trinajstić information content (AvgIpc) is 3.01. The molecule has 0 unspecified atom stereocenters. The minimum Gasteiger partial charge on any atom is -0.336 e. The second kappa shape index (κ2) is 7.29. The first kappa shape index (κ1) is 16.9. The maximum Gasteiger partial charge on any atom is 0.319 e. The minimum absolute atomic E-state index is 0.137. The lowest BCUT2D eigenvalue weighted by atomic mass is 10.1. The molecular weight excluding hydrogens is 316 g/mol. The van der Waals surface area contributed by atoms with Crippen molar-refractivity contribution in [2.75, 3.05) is 5.32 Å². The number of aromatic nitrogens is 4. The van der Waals surface area contributed by atoms with Crippen LogP contribution in [0.1, 0.15) is 37.3 Å². The molecule has 3 rings (SSSR count). The number of fused-ring (bicyclic) bond motifs is 1. The number of amides is 2. The van der Waals surface area contributed by atoms with E-state index < -0.39 is 0 Å². The number of hydrogen-bond acceptors (Lipinski definition) is 4. The predicted octanol–water partition coefficient (Wildman–Crippen LogP) is 3.33. The summed E-state index contributed by atoms with van der Waals surface area (Å²) in [5.41, 5.74) is 2.26. The number of urea groups is 1. The van der Waals surface area contributed by atoms with Gasteiger partial charge in [-0.1, -0.05) is 19.4 Å².